The van der Waals surface area contributed by atoms with Crippen LogP contribution in [0.3, 0.4) is 0 Å². The van der Waals surface area contributed by atoms with E-state index in [1.165, 1.54) is 12.8 Å². The standard InChI is InChI=1S/C22H24Br2N2O2/c1-26-21(27)19(25-22(26)9-5-6-10-22)13-16-11-17(23)20(18(24)12-16)28-14-15-7-3-2-4-8-15/h2-4,7-8,11-12,19,25H,5-6,9-10,13-14H2,1H3/t19-/m0/s1. The number of rotatable bonds is 5. The molecular formula is C22H24Br2N2O2. The van der Waals surface area contributed by atoms with Crippen LogP contribution in [0.2, 0.25) is 0 Å². The second-order valence-electron chi connectivity index (χ2n) is 7.70. The van der Waals surface area contributed by atoms with Gasteiger partial charge in [0.1, 0.15) is 12.4 Å². The number of ether oxygens (including phenoxy) is 1. The maximum Gasteiger partial charge on any atom is 0.241 e. The monoisotopic (exact) mass is 506 g/mol. The van der Waals surface area contributed by atoms with Crippen LogP contribution in [0.25, 0.3) is 0 Å². The van der Waals surface area contributed by atoms with E-state index in [4.69, 9.17) is 4.74 Å². The summed E-state index contributed by atoms with van der Waals surface area (Å²) in [6.07, 6.45) is 5.13. The number of benzene rings is 2. The summed E-state index contributed by atoms with van der Waals surface area (Å²) in [5.74, 6) is 0.973. The minimum absolute atomic E-state index is 0.130. The highest BCUT2D eigenvalue weighted by molar-refractivity contribution is 9.11. The van der Waals surface area contributed by atoms with Crippen LogP contribution < -0.4 is 10.1 Å². The average Bonchev–Trinajstić information content (AvgIpc) is 3.24. The van der Waals surface area contributed by atoms with Crippen LogP contribution in [0.5, 0.6) is 5.75 Å². The third kappa shape index (κ3) is 3.87. The Morgan fingerprint density at radius 1 is 1.11 bits per heavy atom. The number of amides is 1. The molecule has 1 N–H and O–H groups in total. The number of likely N-dealkylation sites (N-methyl/N-ethyl adjacent to an activating group) is 1. The first-order valence-electron chi connectivity index (χ1n) is 9.68. The Hall–Kier alpha value is -1.37. The van der Waals surface area contributed by atoms with E-state index in [9.17, 15) is 4.79 Å². The van der Waals surface area contributed by atoms with Gasteiger partial charge in [0, 0.05) is 7.05 Å². The number of carbonyl (C=O) groups excluding carboxylic acids is 1. The second kappa shape index (κ2) is 8.17. The molecule has 1 saturated carbocycles. The quantitative estimate of drug-likeness (QED) is 0.616. The molecule has 1 aliphatic carbocycles. The van der Waals surface area contributed by atoms with Crippen molar-refractivity contribution in [3.63, 3.8) is 0 Å². The molecular weight excluding hydrogens is 484 g/mol. The van der Waals surface area contributed by atoms with Gasteiger partial charge in [-0.15, -0.1) is 0 Å². The minimum atomic E-state index is -0.169. The Labute approximate surface area is 182 Å². The molecule has 2 aromatic rings. The Morgan fingerprint density at radius 3 is 2.39 bits per heavy atom. The minimum Gasteiger partial charge on any atom is -0.487 e. The molecule has 28 heavy (non-hydrogen) atoms. The van der Waals surface area contributed by atoms with E-state index in [2.05, 4.69) is 49.3 Å². The lowest BCUT2D eigenvalue weighted by molar-refractivity contribution is -0.130. The summed E-state index contributed by atoms with van der Waals surface area (Å²) in [6.45, 7) is 0.507. The summed E-state index contributed by atoms with van der Waals surface area (Å²) in [4.78, 5) is 14.7. The molecule has 1 atom stereocenters. The highest BCUT2D eigenvalue weighted by Gasteiger charge is 2.49. The van der Waals surface area contributed by atoms with Gasteiger partial charge < -0.3 is 9.64 Å². The molecule has 4 nitrogen and oxygen atoms in total. The Morgan fingerprint density at radius 2 is 1.75 bits per heavy atom. The van der Waals surface area contributed by atoms with Crippen molar-refractivity contribution in [1.29, 1.82) is 0 Å². The normalized spacial score (nSPS) is 20.9. The summed E-state index contributed by atoms with van der Waals surface area (Å²) in [7, 11) is 1.94. The van der Waals surface area contributed by atoms with Crippen LogP contribution in [-0.4, -0.2) is 29.6 Å². The molecule has 148 valence electrons. The van der Waals surface area contributed by atoms with E-state index in [0.717, 1.165) is 38.7 Å². The number of carbonyl (C=O) groups is 1. The number of nitrogens with one attached hydrogen (secondary N) is 1. The van der Waals surface area contributed by atoms with Crippen LogP contribution in [0.4, 0.5) is 0 Å². The maximum atomic E-state index is 12.8. The van der Waals surface area contributed by atoms with E-state index in [0.29, 0.717) is 13.0 Å². The van der Waals surface area contributed by atoms with Gasteiger partial charge in [-0.3, -0.25) is 10.1 Å². The highest BCUT2D eigenvalue weighted by Crippen LogP contribution is 2.39. The molecule has 6 heteroatoms. The van der Waals surface area contributed by atoms with Crippen molar-refractivity contribution in [3.8, 4) is 5.75 Å². The maximum absolute atomic E-state index is 12.8. The molecule has 1 spiro atoms. The lowest BCUT2D eigenvalue weighted by Gasteiger charge is -2.31. The molecule has 1 heterocycles. The summed E-state index contributed by atoms with van der Waals surface area (Å²) in [5, 5.41) is 3.63. The second-order valence-corrected chi connectivity index (χ2v) is 9.41. The van der Waals surface area contributed by atoms with E-state index in [1.807, 2.05) is 42.3 Å². The molecule has 0 radical (unpaired) electrons. The van der Waals surface area contributed by atoms with Crippen molar-refractivity contribution in [2.45, 2.75) is 50.4 Å². The Balaban J connectivity index is 1.47. The summed E-state index contributed by atoms with van der Waals surface area (Å²) >= 11 is 7.27. The lowest BCUT2D eigenvalue weighted by Crippen LogP contribution is -2.48. The third-order valence-electron chi connectivity index (χ3n) is 5.87. The molecule has 1 amide bonds. The molecule has 2 fully saturated rings. The fourth-order valence-corrected chi connectivity index (χ4v) is 5.85. The smallest absolute Gasteiger partial charge is 0.241 e. The average molecular weight is 508 g/mol. The van der Waals surface area contributed by atoms with Crippen molar-refractivity contribution in [3.05, 3.63) is 62.5 Å². The SMILES string of the molecule is CN1C(=O)[C@H](Cc2cc(Br)c(OCc3ccccc3)c(Br)c2)NC12CCCC2. The van der Waals surface area contributed by atoms with Crippen molar-refractivity contribution < 1.29 is 9.53 Å². The molecule has 1 aliphatic heterocycles. The fourth-order valence-electron chi connectivity index (χ4n) is 4.34. The van der Waals surface area contributed by atoms with Crippen LogP contribution in [0.15, 0.2) is 51.4 Å². The molecule has 4 rings (SSSR count). The van der Waals surface area contributed by atoms with Crippen molar-refractivity contribution in [1.82, 2.24) is 10.2 Å². The molecule has 2 aliphatic rings. The first-order chi connectivity index (χ1) is 13.5. The van der Waals surface area contributed by atoms with Gasteiger partial charge >= 0.3 is 0 Å². The van der Waals surface area contributed by atoms with Gasteiger partial charge in [-0.2, -0.15) is 0 Å². The number of nitrogens with zero attached hydrogens (tertiary/aromatic N) is 1. The lowest BCUT2D eigenvalue weighted by atomic mass is 10.1. The first-order valence-corrected chi connectivity index (χ1v) is 11.3. The van der Waals surface area contributed by atoms with E-state index in [-0.39, 0.29) is 17.6 Å². The number of hydrogen-bond acceptors (Lipinski definition) is 3. The topological polar surface area (TPSA) is 41.6 Å². The summed E-state index contributed by atoms with van der Waals surface area (Å²) in [6, 6.07) is 14.0. The van der Waals surface area contributed by atoms with E-state index >= 15 is 0 Å². The van der Waals surface area contributed by atoms with Crippen LogP contribution in [0.1, 0.15) is 36.8 Å². The van der Waals surface area contributed by atoms with Crippen molar-refractivity contribution in [2.75, 3.05) is 7.05 Å². The van der Waals surface area contributed by atoms with Gasteiger partial charge in [0.25, 0.3) is 0 Å². The predicted molar refractivity (Wildman–Crippen MR) is 117 cm³/mol. The van der Waals surface area contributed by atoms with Gasteiger partial charge in [0.15, 0.2) is 0 Å². The zero-order chi connectivity index (χ0) is 19.7. The third-order valence-corrected chi connectivity index (χ3v) is 7.05. The van der Waals surface area contributed by atoms with Crippen LogP contribution in [-0.2, 0) is 17.8 Å². The van der Waals surface area contributed by atoms with Crippen LogP contribution >= 0.6 is 31.9 Å². The van der Waals surface area contributed by atoms with Gasteiger partial charge in [0.05, 0.1) is 20.7 Å². The zero-order valence-corrected chi connectivity index (χ0v) is 19.1. The van der Waals surface area contributed by atoms with Crippen molar-refractivity contribution >= 4 is 37.8 Å². The van der Waals surface area contributed by atoms with Gasteiger partial charge in [-0.25, -0.2) is 0 Å². The molecule has 0 unspecified atom stereocenters. The fraction of sp³-hybridized carbons (Fsp3) is 0.409. The molecule has 0 aromatic heterocycles. The number of hydrogen-bond donors (Lipinski definition) is 1. The summed E-state index contributed by atoms with van der Waals surface area (Å²) < 4.78 is 7.79. The Bertz CT molecular complexity index is 843. The van der Waals surface area contributed by atoms with E-state index < -0.39 is 0 Å². The zero-order valence-electron chi connectivity index (χ0n) is 15.9. The van der Waals surface area contributed by atoms with Crippen LogP contribution in [0, 0.1) is 0 Å². The molecule has 1 saturated heterocycles. The van der Waals surface area contributed by atoms with Gasteiger partial charge in [0.2, 0.25) is 5.91 Å². The summed E-state index contributed by atoms with van der Waals surface area (Å²) in [5.41, 5.74) is 2.09. The first kappa shape index (κ1) is 19.9. The van der Waals surface area contributed by atoms with E-state index in [1.54, 1.807) is 0 Å². The van der Waals surface area contributed by atoms with Gasteiger partial charge in [-0.05, 0) is 87.2 Å². The largest absolute Gasteiger partial charge is 0.487 e. The predicted octanol–water partition coefficient (Wildman–Crippen LogP) is 5.03. The van der Waals surface area contributed by atoms with Gasteiger partial charge in [-0.1, -0.05) is 30.3 Å². The number of halogens is 2. The molecule has 2 aromatic carbocycles. The highest BCUT2D eigenvalue weighted by atomic mass is 79.9. The molecule has 0 bridgehead atoms. The Kier molecular flexibility index (Phi) is 5.81. The van der Waals surface area contributed by atoms with Crippen molar-refractivity contribution in [2.24, 2.45) is 0 Å².